The summed E-state index contributed by atoms with van der Waals surface area (Å²) < 4.78 is 5.79. The van der Waals surface area contributed by atoms with Crippen molar-refractivity contribution in [3.05, 3.63) is 65.2 Å². The molecule has 2 aromatic rings. The van der Waals surface area contributed by atoms with E-state index in [0.717, 1.165) is 11.1 Å². The van der Waals surface area contributed by atoms with E-state index < -0.39 is 0 Å². The molecule has 1 unspecified atom stereocenters. The van der Waals surface area contributed by atoms with Crippen molar-refractivity contribution < 1.29 is 9.53 Å². The molecule has 122 valence electrons. The van der Waals surface area contributed by atoms with Crippen molar-refractivity contribution in [1.82, 2.24) is 4.90 Å². The van der Waals surface area contributed by atoms with Crippen LogP contribution in [0, 0.1) is 18.3 Å². The molecule has 0 radical (unpaired) electrons. The SMILES string of the molecule is Cc1ccc(C#N)cc1NC(=O)N1CCOC(c2ccccc2)C1. The summed E-state index contributed by atoms with van der Waals surface area (Å²) >= 11 is 0. The summed E-state index contributed by atoms with van der Waals surface area (Å²) in [6.07, 6.45) is -0.114. The number of aryl methyl sites for hydroxylation is 1. The molecular formula is C19H19N3O2. The van der Waals surface area contributed by atoms with Crippen molar-refractivity contribution in [1.29, 1.82) is 5.26 Å². The standard InChI is InChI=1S/C19H19N3O2/c1-14-7-8-15(12-20)11-17(14)21-19(23)22-9-10-24-18(13-22)16-5-3-2-4-6-16/h2-8,11,18H,9-10,13H2,1H3,(H,21,23). The Balaban J connectivity index is 1.70. The van der Waals surface area contributed by atoms with Gasteiger partial charge in [-0.15, -0.1) is 0 Å². The van der Waals surface area contributed by atoms with Crippen LogP contribution in [0.15, 0.2) is 48.5 Å². The summed E-state index contributed by atoms with van der Waals surface area (Å²) in [4.78, 5) is 14.3. The molecule has 1 atom stereocenters. The van der Waals surface area contributed by atoms with E-state index in [1.165, 1.54) is 0 Å². The van der Waals surface area contributed by atoms with Gasteiger partial charge in [0, 0.05) is 12.2 Å². The van der Waals surface area contributed by atoms with Crippen LogP contribution in [0.3, 0.4) is 0 Å². The van der Waals surface area contributed by atoms with Gasteiger partial charge in [0.25, 0.3) is 0 Å². The van der Waals surface area contributed by atoms with Gasteiger partial charge in [-0.25, -0.2) is 4.79 Å². The molecule has 5 heteroatoms. The minimum Gasteiger partial charge on any atom is -0.370 e. The highest BCUT2D eigenvalue weighted by atomic mass is 16.5. The number of urea groups is 1. The van der Waals surface area contributed by atoms with E-state index in [0.29, 0.717) is 30.9 Å². The first-order valence-electron chi connectivity index (χ1n) is 7.90. The molecule has 5 nitrogen and oxygen atoms in total. The highest BCUT2D eigenvalue weighted by molar-refractivity contribution is 5.90. The van der Waals surface area contributed by atoms with E-state index in [1.807, 2.05) is 43.3 Å². The third kappa shape index (κ3) is 3.55. The molecule has 0 aliphatic carbocycles. The van der Waals surface area contributed by atoms with Gasteiger partial charge in [-0.05, 0) is 30.2 Å². The molecular weight excluding hydrogens is 302 g/mol. The van der Waals surface area contributed by atoms with Crippen molar-refractivity contribution in [3.63, 3.8) is 0 Å². The topological polar surface area (TPSA) is 65.4 Å². The smallest absolute Gasteiger partial charge is 0.322 e. The second kappa shape index (κ2) is 7.16. The van der Waals surface area contributed by atoms with Crippen molar-refractivity contribution in [2.45, 2.75) is 13.0 Å². The van der Waals surface area contributed by atoms with Crippen molar-refractivity contribution in [2.75, 3.05) is 25.0 Å². The molecule has 1 aliphatic rings. The summed E-state index contributed by atoms with van der Waals surface area (Å²) in [7, 11) is 0. The van der Waals surface area contributed by atoms with Gasteiger partial charge in [0.2, 0.25) is 0 Å². The van der Waals surface area contributed by atoms with Crippen molar-refractivity contribution >= 4 is 11.7 Å². The molecule has 24 heavy (non-hydrogen) atoms. The second-order valence-electron chi connectivity index (χ2n) is 5.79. The number of anilines is 1. The quantitative estimate of drug-likeness (QED) is 0.921. The Morgan fingerprint density at radius 3 is 2.83 bits per heavy atom. The Labute approximate surface area is 141 Å². The summed E-state index contributed by atoms with van der Waals surface area (Å²) in [5.74, 6) is 0. The average Bonchev–Trinajstić information content (AvgIpc) is 2.64. The fraction of sp³-hybridized carbons (Fsp3) is 0.263. The third-order valence-electron chi connectivity index (χ3n) is 4.13. The molecule has 1 saturated heterocycles. The van der Waals surface area contributed by atoms with Gasteiger partial charge in [0.05, 0.1) is 24.8 Å². The first-order valence-corrected chi connectivity index (χ1v) is 7.90. The molecule has 0 bridgehead atoms. The molecule has 0 spiro atoms. The lowest BCUT2D eigenvalue weighted by Crippen LogP contribution is -2.44. The zero-order chi connectivity index (χ0) is 16.9. The summed E-state index contributed by atoms with van der Waals surface area (Å²) in [5.41, 5.74) is 3.19. The predicted molar refractivity (Wildman–Crippen MR) is 91.6 cm³/mol. The van der Waals surface area contributed by atoms with E-state index in [9.17, 15) is 4.79 Å². The average molecular weight is 321 g/mol. The molecule has 1 aliphatic heterocycles. The maximum absolute atomic E-state index is 12.6. The number of carbonyl (C=O) groups is 1. The molecule has 1 fully saturated rings. The lowest BCUT2D eigenvalue weighted by molar-refractivity contribution is -0.0135. The first kappa shape index (κ1) is 16.0. The number of nitrogens with zero attached hydrogens (tertiary/aromatic N) is 2. The number of hydrogen-bond acceptors (Lipinski definition) is 3. The molecule has 2 aromatic carbocycles. The van der Waals surface area contributed by atoms with Gasteiger partial charge < -0.3 is 15.0 Å². The summed E-state index contributed by atoms with van der Waals surface area (Å²) in [6.45, 7) is 3.46. The third-order valence-corrected chi connectivity index (χ3v) is 4.13. The molecule has 1 N–H and O–H groups in total. The summed E-state index contributed by atoms with van der Waals surface area (Å²) in [6, 6.07) is 17.1. The molecule has 1 heterocycles. The van der Waals surface area contributed by atoms with Gasteiger partial charge in [-0.3, -0.25) is 0 Å². The van der Waals surface area contributed by atoms with Crippen LogP contribution in [0.5, 0.6) is 0 Å². The Morgan fingerprint density at radius 2 is 2.08 bits per heavy atom. The van der Waals surface area contributed by atoms with Gasteiger partial charge in [0.15, 0.2) is 0 Å². The fourth-order valence-corrected chi connectivity index (χ4v) is 2.72. The number of hydrogen-bond donors (Lipinski definition) is 1. The maximum atomic E-state index is 12.6. The van der Waals surface area contributed by atoms with Crippen LogP contribution in [0.1, 0.15) is 22.8 Å². The van der Waals surface area contributed by atoms with Crippen LogP contribution in [0.2, 0.25) is 0 Å². The molecule has 2 amide bonds. The Hall–Kier alpha value is -2.84. The zero-order valence-electron chi connectivity index (χ0n) is 13.5. The first-order chi connectivity index (χ1) is 11.7. The van der Waals surface area contributed by atoms with Crippen LogP contribution in [-0.4, -0.2) is 30.6 Å². The number of ether oxygens (including phenoxy) is 1. The van der Waals surface area contributed by atoms with E-state index in [4.69, 9.17) is 10.00 Å². The normalized spacial score (nSPS) is 17.2. The molecule has 0 saturated carbocycles. The van der Waals surface area contributed by atoms with E-state index in [-0.39, 0.29) is 12.1 Å². The molecule has 3 rings (SSSR count). The Morgan fingerprint density at radius 1 is 1.29 bits per heavy atom. The lowest BCUT2D eigenvalue weighted by Gasteiger charge is -2.33. The number of benzene rings is 2. The van der Waals surface area contributed by atoms with Crippen LogP contribution in [-0.2, 0) is 4.74 Å². The van der Waals surface area contributed by atoms with E-state index in [2.05, 4.69) is 11.4 Å². The maximum Gasteiger partial charge on any atom is 0.322 e. The highest BCUT2D eigenvalue weighted by Gasteiger charge is 2.25. The number of rotatable bonds is 2. The second-order valence-corrected chi connectivity index (χ2v) is 5.79. The number of morpholine rings is 1. The van der Waals surface area contributed by atoms with Crippen LogP contribution >= 0.6 is 0 Å². The van der Waals surface area contributed by atoms with Gasteiger partial charge >= 0.3 is 6.03 Å². The summed E-state index contributed by atoms with van der Waals surface area (Å²) in [5, 5.41) is 11.9. The van der Waals surface area contributed by atoms with E-state index in [1.54, 1.807) is 17.0 Å². The largest absolute Gasteiger partial charge is 0.370 e. The Kier molecular flexibility index (Phi) is 4.78. The minimum absolute atomic E-state index is 0.114. The predicted octanol–water partition coefficient (Wildman–Crippen LogP) is 3.47. The van der Waals surface area contributed by atoms with Crippen LogP contribution in [0.4, 0.5) is 10.5 Å². The monoisotopic (exact) mass is 321 g/mol. The number of amides is 2. The van der Waals surface area contributed by atoms with Crippen molar-refractivity contribution in [2.24, 2.45) is 0 Å². The fourth-order valence-electron chi connectivity index (χ4n) is 2.72. The van der Waals surface area contributed by atoms with Gasteiger partial charge in [-0.2, -0.15) is 5.26 Å². The van der Waals surface area contributed by atoms with Gasteiger partial charge in [0.1, 0.15) is 6.10 Å². The Bertz CT molecular complexity index is 768. The lowest BCUT2D eigenvalue weighted by atomic mass is 10.1. The minimum atomic E-state index is -0.169. The number of carbonyl (C=O) groups excluding carboxylic acids is 1. The number of nitrogens with one attached hydrogen (secondary N) is 1. The van der Waals surface area contributed by atoms with Gasteiger partial charge in [-0.1, -0.05) is 36.4 Å². The van der Waals surface area contributed by atoms with Crippen LogP contribution < -0.4 is 5.32 Å². The number of nitriles is 1. The van der Waals surface area contributed by atoms with Crippen molar-refractivity contribution in [3.8, 4) is 6.07 Å². The van der Waals surface area contributed by atoms with Crippen LogP contribution in [0.25, 0.3) is 0 Å². The molecule has 0 aromatic heterocycles. The van der Waals surface area contributed by atoms with E-state index >= 15 is 0 Å². The zero-order valence-corrected chi connectivity index (χ0v) is 13.5. The highest BCUT2D eigenvalue weighted by Crippen LogP contribution is 2.23.